The molecule has 0 aliphatic carbocycles. The van der Waals surface area contributed by atoms with Gasteiger partial charge in [-0.25, -0.2) is 9.18 Å². The number of anilines is 1. The molecule has 0 aromatic heterocycles. The maximum atomic E-state index is 12.9. The molecule has 3 nitrogen and oxygen atoms in total. The third kappa shape index (κ3) is 4.56. The molecule has 0 heterocycles. The molecule has 0 saturated carbocycles. The number of hydrogen-bond acceptors (Lipinski definition) is 3. The SMILES string of the molecule is CC(C)(C)OC(=O)N(CCS)c1ccc(F)cc1. The van der Waals surface area contributed by atoms with Crippen molar-refractivity contribution < 1.29 is 13.9 Å². The first kappa shape index (κ1) is 14.8. The van der Waals surface area contributed by atoms with Crippen LogP contribution in [0.15, 0.2) is 24.3 Å². The van der Waals surface area contributed by atoms with Gasteiger partial charge < -0.3 is 4.74 Å². The molecule has 1 amide bonds. The third-order valence-corrected chi connectivity index (χ3v) is 2.28. The predicted octanol–water partition coefficient (Wildman–Crippen LogP) is 3.50. The van der Waals surface area contributed by atoms with Crippen LogP contribution in [0.4, 0.5) is 14.9 Å². The Morgan fingerprint density at radius 2 is 1.89 bits per heavy atom. The Hall–Kier alpha value is -1.23. The van der Waals surface area contributed by atoms with E-state index >= 15 is 0 Å². The molecule has 0 atom stereocenters. The summed E-state index contributed by atoms with van der Waals surface area (Å²) in [5.41, 5.74) is 0.0334. The Balaban J connectivity index is 2.88. The molecule has 1 rings (SSSR count). The number of amides is 1. The summed E-state index contributed by atoms with van der Waals surface area (Å²) in [6.07, 6.45) is -0.455. The highest BCUT2D eigenvalue weighted by Crippen LogP contribution is 2.18. The summed E-state index contributed by atoms with van der Waals surface area (Å²) < 4.78 is 18.2. The van der Waals surface area contributed by atoms with E-state index < -0.39 is 11.7 Å². The molecule has 5 heteroatoms. The molecule has 18 heavy (non-hydrogen) atoms. The van der Waals surface area contributed by atoms with Crippen molar-refractivity contribution in [2.24, 2.45) is 0 Å². The van der Waals surface area contributed by atoms with Gasteiger partial charge in [0.1, 0.15) is 11.4 Å². The first-order valence-corrected chi connectivity index (χ1v) is 6.33. The van der Waals surface area contributed by atoms with Gasteiger partial charge in [-0.3, -0.25) is 4.90 Å². The van der Waals surface area contributed by atoms with E-state index in [1.807, 2.05) is 0 Å². The van der Waals surface area contributed by atoms with E-state index in [-0.39, 0.29) is 5.82 Å². The Morgan fingerprint density at radius 1 is 1.33 bits per heavy atom. The number of halogens is 1. The zero-order valence-corrected chi connectivity index (χ0v) is 11.7. The maximum Gasteiger partial charge on any atom is 0.414 e. The summed E-state index contributed by atoms with van der Waals surface area (Å²) in [6.45, 7) is 5.81. The molecule has 0 aliphatic rings. The minimum atomic E-state index is -0.564. The molecule has 0 radical (unpaired) electrons. The zero-order valence-electron chi connectivity index (χ0n) is 10.8. The fourth-order valence-electron chi connectivity index (χ4n) is 1.36. The highest BCUT2D eigenvalue weighted by atomic mass is 32.1. The van der Waals surface area contributed by atoms with Gasteiger partial charge in [0.25, 0.3) is 0 Å². The first-order chi connectivity index (χ1) is 8.33. The van der Waals surface area contributed by atoms with Crippen LogP contribution in [-0.4, -0.2) is 24.0 Å². The van der Waals surface area contributed by atoms with Gasteiger partial charge in [-0.15, -0.1) is 0 Å². The monoisotopic (exact) mass is 271 g/mol. The number of carbonyl (C=O) groups is 1. The van der Waals surface area contributed by atoms with Crippen molar-refractivity contribution >= 4 is 24.4 Å². The number of benzene rings is 1. The summed E-state index contributed by atoms with van der Waals surface area (Å²) in [7, 11) is 0. The lowest BCUT2D eigenvalue weighted by atomic mass is 10.2. The van der Waals surface area contributed by atoms with Crippen LogP contribution < -0.4 is 4.90 Å². The van der Waals surface area contributed by atoms with Crippen molar-refractivity contribution in [3.05, 3.63) is 30.1 Å². The predicted molar refractivity (Wildman–Crippen MR) is 73.8 cm³/mol. The van der Waals surface area contributed by atoms with E-state index in [1.165, 1.54) is 17.0 Å². The number of carbonyl (C=O) groups excluding carboxylic acids is 1. The van der Waals surface area contributed by atoms with Gasteiger partial charge in [0, 0.05) is 18.0 Å². The van der Waals surface area contributed by atoms with E-state index in [2.05, 4.69) is 12.6 Å². The van der Waals surface area contributed by atoms with Crippen molar-refractivity contribution in [1.82, 2.24) is 0 Å². The lowest BCUT2D eigenvalue weighted by Gasteiger charge is -2.27. The number of thiol groups is 1. The first-order valence-electron chi connectivity index (χ1n) is 5.70. The van der Waals surface area contributed by atoms with E-state index in [0.717, 1.165) is 0 Å². The van der Waals surface area contributed by atoms with Gasteiger partial charge in [-0.05, 0) is 45.0 Å². The smallest absolute Gasteiger partial charge is 0.414 e. The normalized spacial score (nSPS) is 11.2. The van der Waals surface area contributed by atoms with Crippen LogP contribution in [0, 0.1) is 5.82 Å². The van der Waals surface area contributed by atoms with Gasteiger partial charge in [-0.2, -0.15) is 12.6 Å². The fourth-order valence-corrected chi connectivity index (χ4v) is 1.56. The second-order valence-electron chi connectivity index (χ2n) is 4.83. The van der Waals surface area contributed by atoms with Crippen LogP contribution in [0.3, 0.4) is 0 Å². The average Bonchev–Trinajstić information content (AvgIpc) is 2.25. The van der Waals surface area contributed by atoms with Crippen molar-refractivity contribution in [2.45, 2.75) is 26.4 Å². The topological polar surface area (TPSA) is 29.5 Å². The maximum absolute atomic E-state index is 12.9. The van der Waals surface area contributed by atoms with Gasteiger partial charge >= 0.3 is 6.09 Å². The van der Waals surface area contributed by atoms with Crippen molar-refractivity contribution in [3.8, 4) is 0 Å². The Kier molecular flexibility index (Phi) is 5.02. The molecule has 0 spiro atoms. The summed E-state index contributed by atoms with van der Waals surface area (Å²) in [5, 5.41) is 0. The Labute approximate surface area is 112 Å². The second-order valence-corrected chi connectivity index (χ2v) is 5.28. The van der Waals surface area contributed by atoms with E-state index in [1.54, 1.807) is 32.9 Å². The summed E-state index contributed by atoms with van der Waals surface area (Å²) in [6, 6.07) is 5.71. The molecule has 100 valence electrons. The molecule has 0 bridgehead atoms. The van der Waals surface area contributed by atoms with Crippen LogP contribution in [0.5, 0.6) is 0 Å². The minimum absolute atomic E-state index is 0.339. The highest BCUT2D eigenvalue weighted by molar-refractivity contribution is 7.80. The standard InChI is InChI=1S/C13H18FNO2S/c1-13(2,3)17-12(16)15(8-9-18)11-6-4-10(14)5-7-11/h4-7,18H,8-9H2,1-3H3. The molecule has 0 unspecified atom stereocenters. The summed E-state index contributed by atoms with van der Waals surface area (Å²) in [5.74, 6) is 0.158. The van der Waals surface area contributed by atoms with Crippen molar-refractivity contribution in [3.63, 3.8) is 0 Å². The van der Waals surface area contributed by atoms with E-state index in [4.69, 9.17) is 4.74 Å². The van der Waals surface area contributed by atoms with Gasteiger partial charge in [0.2, 0.25) is 0 Å². The number of nitrogens with zero attached hydrogens (tertiary/aromatic N) is 1. The van der Waals surface area contributed by atoms with Crippen molar-refractivity contribution in [2.75, 3.05) is 17.2 Å². The number of ether oxygens (including phenoxy) is 1. The highest BCUT2D eigenvalue weighted by Gasteiger charge is 2.22. The lowest BCUT2D eigenvalue weighted by Crippen LogP contribution is -2.38. The molecular weight excluding hydrogens is 253 g/mol. The van der Waals surface area contributed by atoms with Gasteiger partial charge in [0.15, 0.2) is 0 Å². The quantitative estimate of drug-likeness (QED) is 0.853. The molecular formula is C13H18FNO2S. The number of hydrogen-bond donors (Lipinski definition) is 1. The van der Waals surface area contributed by atoms with Crippen LogP contribution in [0.2, 0.25) is 0 Å². The van der Waals surface area contributed by atoms with E-state index in [9.17, 15) is 9.18 Å². The number of rotatable bonds is 3. The molecule has 1 aromatic carbocycles. The van der Waals surface area contributed by atoms with Crippen molar-refractivity contribution in [1.29, 1.82) is 0 Å². The largest absolute Gasteiger partial charge is 0.443 e. The molecule has 0 N–H and O–H groups in total. The zero-order chi connectivity index (χ0) is 13.8. The van der Waals surface area contributed by atoms with Crippen LogP contribution >= 0.6 is 12.6 Å². The summed E-state index contributed by atoms with van der Waals surface area (Å²) >= 11 is 4.11. The van der Waals surface area contributed by atoms with Gasteiger partial charge in [0.05, 0.1) is 0 Å². The molecule has 0 aliphatic heterocycles. The second kappa shape index (κ2) is 6.09. The molecule has 0 saturated heterocycles. The molecule has 0 fully saturated rings. The third-order valence-electron chi connectivity index (χ3n) is 2.08. The summed E-state index contributed by atoms with van der Waals surface area (Å²) in [4.78, 5) is 13.5. The fraction of sp³-hybridized carbons (Fsp3) is 0.462. The Morgan fingerprint density at radius 3 is 2.33 bits per heavy atom. The lowest BCUT2D eigenvalue weighted by molar-refractivity contribution is 0.0582. The Bertz CT molecular complexity index is 400. The van der Waals surface area contributed by atoms with E-state index in [0.29, 0.717) is 18.0 Å². The van der Waals surface area contributed by atoms with Gasteiger partial charge in [-0.1, -0.05) is 0 Å². The van der Waals surface area contributed by atoms with Crippen LogP contribution in [0.1, 0.15) is 20.8 Å². The average molecular weight is 271 g/mol. The molecule has 1 aromatic rings. The minimum Gasteiger partial charge on any atom is -0.443 e. The van der Waals surface area contributed by atoms with Crippen LogP contribution in [0.25, 0.3) is 0 Å². The van der Waals surface area contributed by atoms with Crippen LogP contribution in [-0.2, 0) is 4.74 Å².